The summed E-state index contributed by atoms with van der Waals surface area (Å²) < 4.78 is 6.01. The van der Waals surface area contributed by atoms with E-state index in [4.69, 9.17) is 16.3 Å². The van der Waals surface area contributed by atoms with Crippen LogP contribution in [-0.2, 0) is 10.5 Å². The summed E-state index contributed by atoms with van der Waals surface area (Å²) in [4.78, 5) is 19.0. The lowest BCUT2D eigenvalue weighted by Crippen LogP contribution is -2.35. The van der Waals surface area contributed by atoms with Crippen molar-refractivity contribution in [3.05, 3.63) is 15.5 Å². The van der Waals surface area contributed by atoms with Crippen molar-refractivity contribution in [3.63, 3.8) is 0 Å². The van der Waals surface area contributed by atoms with Crippen LogP contribution in [0.25, 0.3) is 0 Å². The molecule has 1 aliphatic rings. The number of amides is 1. The number of hydrogen-bond acceptors (Lipinski definition) is 5. The van der Waals surface area contributed by atoms with Gasteiger partial charge in [0.1, 0.15) is 5.60 Å². The highest BCUT2D eigenvalue weighted by Gasteiger charge is 2.29. The minimum absolute atomic E-state index is 0.191. The van der Waals surface area contributed by atoms with E-state index in [9.17, 15) is 4.79 Å². The maximum Gasteiger partial charge on any atom is 0.410 e. The molecule has 1 saturated heterocycles. The van der Waals surface area contributed by atoms with Gasteiger partial charge >= 0.3 is 6.09 Å². The fraction of sp³-hybridized carbons (Fsp3) is 0.714. The number of hydrogen-bond donors (Lipinski definition) is 0. The third kappa shape index (κ3) is 5.68. The summed E-state index contributed by atoms with van der Waals surface area (Å²) >= 11 is 9.22. The van der Waals surface area contributed by atoms with E-state index in [0.29, 0.717) is 10.4 Å². The molecule has 0 saturated carbocycles. The molecule has 1 aromatic heterocycles. The molecule has 21 heavy (non-hydrogen) atoms. The van der Waals surface area contributed by atoms with Crippen LogP contribution in [0.4, 0.5) is 4.79 Å². The summed E-state index contributed by atoms with van der Waals surface area (Å²) in [6.07, 6.45) is 2.70. The molecule has 2 heterocycles. The predicted molar refractivity (Wildman–Crippen MR) is 89.2 cm³/mol. The van der Waals surface area contributed by atoms with E-state index in [-0.39, 0.29) is 6.09 Å². The van der Waals surface area contributed by atoms with Crippen molar-refractivity contribution in [1.82, 2.24) is 9.88 Å². The maximum atomic E-state index is 12.0. The number of nitrogens with zero attached hydrogens (tertiary/aromatic N) is 2. The number of halogens is 1. The van der Waals surface area contributed by atoms with Gasteiger partial charge < -0.3 is 9.64 Å². The monoisotopic (exact) mass is 348 g/mol. The lowest BCUT2D eigenvalue weighted by Gasteiger charge is -2.24. The first-order valence-corrected chi connectivity index (χ1v) is 9.34. The van der Waals surface area contributed by atoms with E-state index in [1.807, 2.05) is 43.6 Å². The summed E-state index contributed by atoms with van der Waals surface area (Å²) in [5.74, 6) is 2.54. The summed E-state index contributed by atoms with van der Waals surface area (Å²) in [6, 6.07) is 0. The molecule has 2 rings (SSSR count). The number of likely N-dealkylation sites (tertiary alicyclic amines) is 1. The second-order valence-electron chi connectivity index (χ2n) is 6.18. The SMILES string of the molecule is CC(C)(C)OC(=O)N1CCC(CSCc2cnc(Cl)s2)C1. The van der Waals surface area contributed by atoms with Gasteiger partial charge in [-0.15, -0.1) is 11.3 Å². The van der Waals surface area contributed by atoms with Crippen molar-refractivity contribution in [3.8, 4) is 0 Å². The summed E-state index contributed by atoms with van der Waals surface area (Å²) in [7, 11) is 0. The zero-order valence-corrected chi connectivity index (χ0v) is 15.0. The van der Waals surface area contributed by atoms with Gasteiger partial charge in [0.15, 0.2) is 4.47 Å². The van der Waals surface area contributed by atoms with Crippen LogP contribution in [0.5, 0.6) is 0 Å². The number of thioether (sulfide) groups is 1. The first kappa shape index (κ1) is 16.9. The highest BCUT2D eigenvalue weighted by Crippen LogP contribution is 2.27. The number of ether oxygens (including phenoxy) is 1. The molecule has 0 N–H and O–H groups in total. The number of carbonyl (C=O) groups is 1. The summed E-state index contributed by atoms with van der Waals surface area (Å²) in [5, 5.41) is 0. The molecule has 1 aliphatic heterocycles. The van der Waals surface area contributed by atoms with Crippen molar-refractivity contribution in [2.24, 2.45) is 5.92 Å². The fourth-order valence-electron chi connectivity index (χ4n) is 2.14. The molecule has 0 bridgehead atoms. The van der Waals surface area contributed by atoms with Crippen LogP contribution in [-0.4, -0.2) is 40.4 Å². The molecular formula is C14H21ClN2O2S2. The number of carbonyl (C=O) groups excluding carboxylic acids is 1. The Balaban J connectivity index is 1.69. The molecular weight excluding hydrogens is 328 g/mol. The average Bonchev–Trinajstić information content (AvgIpc) is 2.97. The van der Waals surface area contributed by atoms with E-state index >= 15 is 0 Å². The average molecular weight is 349 g/mol. The Morgan fingerprint density at radius 1 is 1.62 bits per heavy atom. The van der Waals surface area contributed by atoms with Gasteiger partial charge in [0.2, 0.25) is 0 Å². The summed E-state index contributed by atoms with van der Waals surface area (Å²) in [6.45, 7) is 7.29. The van der Waals surface area contributed by atoms with Gasteiger partial charge in [0.25, 0.3) is 0 Å². The highest BCUT2D eigenvalue weighted by atomic mass is 35.5. The second-order valence-corrected chi connectivity index (χ2v) is 8.90. The Morgan fingerprint density at radius 2 is 2.38 bits per heavy atom. The maximum absolute atomic E-state index is 12.0. The number of aromatic nitrogens is 1. The van der Waals surface area contributed by atoms with Crippen molar-refractivity contribution in [2.45, 2.75) is 38.5 Å². The molecule has 1 aromatic rings. The van der Waals surface area contributed by atoms with Crippen molar-refractivity contribution >= 4 is 40.8 Å². The van der Waals surface area contributed by atoms with Crippen LogP contribution in [0, 0.1) is 5.92 Å². The van der Waals surface area contributed by atoms with E-state index in [2.05, 4.69) is 4.98 Å². The first-order valence-electron chi connectivity index (χ1n) is 6.99. The Kier molecular flexibility index (Phi) is 5.80. The fourth-order valence-corrected chi connectivity index (χ4v) is 4.40. The van der Waals surface area contributed by atoms with Gasteiger partial charge in [0.05, 0.1) is 0 Å². The lowest BCUT2D eigenvalue weighted by molar-refractivity contribution is 0.0289. The zero-order chi connectivity index (χ0) is 15.5. The van der Waals surface area contributed by atoms with Crippen molar-refractivity contribution in [2.75, 3.05) is 18.8 Å². The van der Waals surface area contributed by atoms with E-state index < -0.39 is 5.60 Å². The third-order valence-corrected chi connectivity index (χ3v) is 5.58. The minimum atomic E-state index is -0.421. The van der Waals surface area contributed by atoms with Crippen molar-refractivity contribution < 1.29 is 9.53 Å². The number of thiazole rings is 1. The molecule has 4 nitrogen and oxygen atoms in total. The quantitative estimate of drug-likeness (QED) is 0.814. The zero-order valence-electron chi connectivity index (χ0n) is 12.6. The minimum Gasteiger partial charge on any atom is -0.444 e. The standard InChI is InChI=1S/C14H21ClN2O2S2/c1-14(2,3)19-13(18)17-5-4-10(7-17)8-20-9-11-6-16-12(15)21-11/h6,10H,4-5,7-9H2,1-3H3. The molecule has 1 fully saturated rings. The summed E-state index contributed by atoms with van der Waals surface area (Å²) in [5.41, 5.74) is -0.421. The van der Waals surface area contributed by atoms with Crippen LogP contribution >= 0.6 is 34.7 Å². The van der Waals surface area contributed by atoms with Crippen LogP contribution in [0.2, 0.25) is 4.47 Å². The molecule has 1 atom stereocenters. The Hall–Kier alpha value is -0.460. The van der Waals surface area contributed by atoms with Crippen LogP contribution in [0.15, 0.2) is 6.20 Å². The van der Waals surface area contributed by atoms with E-state index in [1.165, 1.54) is 16.2 Å². The molecule has 0 radical (unpaired) electrons. The van der Waals surface area contributed by atoms with Gasteiger partial charge in [-0.3, -0.25) is 0 Å². The van der Waals surface area contributed by atoms with Crippen LogP contribution < -0.4 is 0 Å². The van der Waals surface area contributed by atoms with Gasteiger partial charge in [-0.1, -0.05) is 11.6 Å². The number of rotatable bonds is 4. The molecule has 118 valence electrons. The van der Waals surface area contributed by atoms with Crippen LogP contribution in [0.1, 0.15) is 32.1 Å². The van der Waals surface area contributed by atoms with Gasteiger partial charge in [-0.25, -0.2) is 9.78 Å². The van der Waals surface area contributed by atoms with E-state index in [0.717, 1.165) is 31.0 Å². The first-order chi connectivity index (χ1) is 9.83. The van der Waals surface area contributed by atoms with Gasteiger partial charge in [-0.2, -0.15) is 11.8 Å². The Bertz CT molecular complexity index is 488. The van der Waals surface area contributed by atoms with Gasteiger partial charge in [-0.05, 0) is 38.9 Å². The molecule has 0 spiro atoms. The lowest BCUT2D eigenvalue weighted by atomic mass is 10.2. The second kappa shape index (κ2) is 7.20. The molecule has 1 unspecified atom stereocenters. The normalized spacial score (nSPS) is 19.0. The Morgan fingerprint density at radius 3 is 3.00 bits per heavy atom. The predicted octanol–water partition coefficient (Wildman–Crippen LogP) is 4.29. The van der Waals surface area contributed by atoms with Gasteiger partial charge in [0, 0.05) is 29.9 Å². The largest absolute Gasteiger partial charge is 0.444 e. The Labute approximate surface area is 139 Å². The van der Waals surface area contributed by atoms with Crippen molar-refractivity contribution in [1.29, 1.82) is 0 Å². The smallest absolute Gasteiger partial charge is 0.410 e. The topological polar surface area (TPSA) is 42.4 Å². The molecule has 7 heteroatoms. The molecule has 0 aliphatic carbocycles. The van der Waals surface area contributed by atoms with Crippen LogP contribution in [0.3, 0.4) is 0 Å². The van der Waals surface area contributed by atoms with E-state index in [1.54, 1.807) is 0 Å². The highest BCUT2D eigenvalue weighted by molar-refractivity contribution is 7.98. The molecule has 1 amide bonds. The molecule has 0 aromatic carbocycles. The third-order valence-electron chi connectivity index (χ3n) is 3.06.